The van der Waals surface area contributed by atoms with E-state index in [1.54, 1.807) is 60.7 Å². The normalized spacial score (nSPS) is 14.5. The first kappa shape index (κ1) is 23.7. The third-order valence-electron chi connectivity index (χ3n) is 3.16. The molecule has 1 heterocycles. The van der Waals surface area contributed by atoms with Crippen LogP contribution in [0.15, 0.2) is 47.1 Å². The zero-order valence-electron chi connectivity index (χ0n) is 17.8. The molecule has 0 saturated heterocycles. The number of ether oxygens (including phenoxy) is 2. The van der Waals surface area contributed by atoms with E-state index in [0.717, 1.165) is 5.56 Å². The van der Waals surface area contributed by atoms with Crippen molar-refractivity contribution in [1.29, 1.82) is 0 Å². The molecule has 0 spiro atoms. The molecule has 0 bridgehead atoms. The van der Waals surface area contributed by atoms with Crippen LogP contribution in [0.5, 0.6) is 0 Å². The van der Waals surface area contributed by atoms with Gasteiger partial charge in [0, 0.05) is 6.20 Å². The second-order valence-electron chi connectivity index (χ2n) is 8.45. The summed E-state index contributed by atoms with van der Waals surface area (Å²) in [4.78, 5) is 8.34. The molecule has 0 aliphatic heterocycles. The summed E-state index contributed by atoms with van der Waals surface area (Å²) in [5.74, 6) is -1.15. The Bertz CT molecular complexity index is 763. The van der Waals surface area contributed by atoms with E-state index >= 15 is 0 Å². The Balaban J connectivity index is 3.62. The molecular weight excluding hydrogens is 369 g/mol. The summed E-state index contributed by atoms with van der Waals surface area (Å²) in [5.41, 5.74) is -1.27. The van der Waals surface area contributed by atoms with Crippen molar-refractivity contribution >= 4 is 5.71 Å². The Hall–Kier alpha value is -2.31. The summed E-state index contributed by atoms with van der Waals surface area (Å²) < 4.78 is 52.7. The van der Waals surface area contributed by atoms with Crippen LogP contribution in [0.1, 0.15) is 59.7 Å². The maximum atomic E-state index is 13.9. The van der Waals surface area contributed by atoms with Crippen LogP contribution in [-0.2, 0) is 9.47 Å². The number of nitrogens with zero attached hydrogens (tertiary/aromatic N) is 2. The minimum Gasteiger partial charge on any atom is -0.488 e. The molecule has 156 valence electrons. The van der Waals surface area contributed by atoms with Gasteiger partial charge < -0.3 is 9.47 Å². The topological polar surface area (TPSA) is 43.7 Å². The number of alkyl halides is 3. The number of pyridine rings is 1. The van der Waals surface area contributed by atoms with Gasteiger partial charge in [-0.25, -0.2) is 4.99 Å². The Morgan fingerprint density at radius 1 is 1.00 bits per heavy atom. The van der Waals surface area contributed by atoms with Gasteiger partial charge in [0.2, 0.25) is 5.88 Å². The highest BCUT2D eigenvalue weighted by atomic mass is 19.4. The molecule has 0 amide bonds. The average molecular weight is 398 g/mol. The molecular formula is C21H29F3N2O2. The number of rotatable bonds is 5. The Labute approximate surface area is 165 Å². The SMILES string of the molecule is C=C(OC(C)(C)C)/C(=C(\N=C(/C)c1ccc(C)cn1)OC(C)(C)C)C(F)(F)F. The molecule has 0 aliphatic rings. The van der Waals surface area contributed by atoms with Gasteiger partial charge in [-0.1, -0.05) is 12.6 Å². The summed E-state index contributed by atoms with van der Waals surface area (Å²) in [5, 5.41) is 0. The van der Waals surface area contributed by atoms with Crippen LogP contribution in [0.2, 0.25) is 0 Å². The van der Waals surface area contributed by atoms with Crippen LogP contribution in [-0.4, -0.2) is 28.1 Å². The van der Waals surface area contributed by atoms with E-state index in [0.29, 0.717) is 5.69 Å². The van der Waals surface area contributed by atoms with Crippen molar-refractivity contribution in [2.75, 3.05) is 0 Å². The number of aromatic nitrogens is 1. The fourth-order valence-electron chi connectivity index (χ4n) is 2.13. The molecule has 0 fully saturated rings. The minimum atomic E-state index is -4.77. The quantitative estimate of drug-likeness (QED) is 0.341. The molecule has 1 aromatic rings. The predicted octanol–water partition coefficient (Wildman–Crippen LogP) is 6.12. The van der Waals surface area contributed by atoms with Crippen molar-refractivity contribution in [3.8, 4) is 0 Å². The lowest BCUT2D eigenvalue weighted by Gasteiger charge is -2.28. The Kier molecular flexibility index (Phi) is 7.09. The van der Waals surface area contributed by atoms with Crippen LogP contribution < -0.4 is 0 Å². The molecule has 7 heteroatoms. The van der Waals surface area contributed by atoms with Crippen LogP contribution in [0.4, 0.5) is 13.2 Å². The average Bonchev–Trinajstić information content (AvgIpc) is 2.42. The van der Waals surface area contributed by atoms with Crippen molar-refractivity contribution in [1.82, 2.24) is 4.98 Å². The lowest BCUT2D eigenvalue weighted by atomic mass is 10.1. The number of aliphatic imine (C=N–C) groups is 1. The van der Waals surface area contributed by atoms with E-state index in [4.69, 9.17) is 9.47 Å². The van der Waals surface area contributed by atoms with E-state index < -0.39 is 34.6 Å². The second kappa shape index (κ2) is 8.37. The summed E-state index contributed by atoms with van der Waals surface area (Å²) in [6.45, 7) is 16.8. The van der Waals surface area contributed by atoms with Gasteiger partial charge >= 0.3 is 6.18 Å². The second-order valence-corrected chi connectivity index (χ2v) is 8.45. The molecule has 1 rings (SSSR count). The lowest BCUT2D eigenvalue weighted by Crippen LogP contribution is -2.27. The summed E-state index contributed by atoms with van der Waals surface area (Å²) in [6.07, 6.45) is -3.15. The summed E-state index contributed by atoms with van der Waals surface area (Å²) in [7, 11) is 0. The standard InChI is InChI=1S/C21H29F3N2O2/c1-13-10-11-16(25-12-13)14(2)26-18(28-20(7,8)9)17(21(22,23)24)15(3)27-19(4,5)6/h10-12H,3H2,1-2,4-9H3/b18-17-,26-14+. The molecule has 4 nitrogen and oxygen atoms in total. The molecule has 0 saturated carbocycles. The first-order valence-electron chi connectivity index (χ1n) is 8.87. The van der Waals surface area contributed by atoms with Crippen molar-refractivity contribution in [2.45, 2.75) is 72.8 Å². The van der Waals surface area contributed by atoms with Crippen molar-refractivity contribution in [2.24, 2.45) is 4.99 Å². The smallest absolute Gasteiger partial charge is 0.425 e. The Morgan fingerprint density at radius 2 is 1.54 bits per heavy atom. The van der Waals surface area contributed by atoms with Gasteiger partial charge in [0.25, 0.3) is 0 Å². The first-order valence-corrected chi connectivity index (χ1v) is 8.87. The number of hydrogen-bond acceptors (Lipinski definition) is 4. The van der Waals surface area contributed by atoms with Crippen LogP contribution in [0, 0.1) is 6.92 Å². The molecule has 0 radical (unpaired) electrons. The first-order chi connectivity index (χ1) is 12.5. The highest BCUT2D eigenvalue weighted by Gasteiger charge is 2.42. The van der Waals surface area contributed by atoms with E-state index in [9.17, 15) is 13.2 Å². The van der Waals surface area contributed by atoms with Crippen LogP contribution in [0.25, 0.3) is 0 Å². The van der Waals surface area contributed by atoms with Gasteiger partial charge in [-0.2, -0.15) is 13.2 Å². The van der Waals surface area contributed by atoms with Gasteiger partial charge in [-0.3, -0.25) is 4.98 Å². The van der Waals surface area contributed by atoms with Crippen LogP contribution in [0.3, 0.4) is 0 Å². The third kappa shape index (κ3) is 7.74. The maximum absolute atomic E-state index is 13.9. The molecule has 0 aromatic carbocycles. The van der Waals surface area contributed by atoms with E-state index in [1.807, 2.05) is 13.0 Å². The van der Waals surface area contributed by atoms with Gasteiger partial charge in [-0.15, -0.1) is 0 Å². The number of hydrogen-bond donors (Lipinski definition) is 0. The predicted molar refractivity (Wildman–Crippen MR) is 105 cm³/mol. The number of allylic oxidation sites excluding steroid dienone is 1. The van der Waals surface area contributed by atoms with E-state index in [-0.39, 0.29) is 5.71 Å². The third-order valence-corrected chi connectivity index (χ3v) is 3.16. The number of aryl methyl sites for hydroxylation is 1. The molecule has 1 aromatic heterocycles. The maximum Gasteiger partial charge on any atom is 0.425 e. The van der Waals surface area contributed by atoms with Crippen molar-refractivity contribution in [3.05, 3.63) is 53.4 Å². The number of halogens is 3. The van der Waals surface area contributed by atoms with Gasteiger partial charge in [0.05, 0.1) is 11.4 Å². The molecule has 0 unspecified atom stereocenters. The highest BCUT2D eigenvalue weighted by molar-refractivity contribution is 5.97. The molecule has 0 atom stereocenters. The van der Waals surface area contributed by atoms with Crippen molar-refractivity contribution < 1.29 is 22.6 Å². The van der Waals surface area contributed by atoms with Gasteiger partial charge in [0.15, 0.2) is 5.57 Å². The van der Waals surface area contributed by atoms with Gasteiger partial charge in [-0.05, 0) is 67.0 Å². The highest BCUT2D eigenvalue weighted by Crippen LogP contribution is 2.37. The van der Waals surface area contributed by atoms with E-state index in [2.05, 4.69) is 16.6 Å². The zero-order chi connectivity index (χ0) is 21.9. The molecule has 0 aliphatic carbocycles. The minimum absolute atomic E-state index is 0.282. The summed E-state index contributed by atoms with van der Waals surface area (Å²) >= 11 is 0. The Morgan fingerprint density at radius 3 is 1.93 bits per heavy atom. The monoisotopic (exact) mass is 398 g/mol. The van der Waals surface area contributed by atoms with E-state index in [1.165, 1.54) is 0 Å². The fourth-order valence-corrected chi connectivity index (χ4v) is 2.13. The molecule has 0 N–H and O–H groups in total. The zero-order valence-corrected chi connectivity index (χ0v) is 17.8. The summed E-state index contributed by atoms with van der Waals surface area (Å²) in [6, 6.07) is 3.50. The van der Waals surface area contributed by atoms with Crippen molar-refractivity contribution in [3.63, 3.8) is 0 Å². The fraction of sp³-hybridized carbons (Fsp3) is 0.524. The molecule has 28 heavy (non-hydrogen) atoms. The lowest BCUT2D eigenvalue weighted by molar-refractivity contribution is -0.103. The largest absolute Gasteiger partial charge is 0.488 e. The van der Waals surface area contributed by atoms with Gasteiger partial charge in [0.1, 0.15) is 17.0 Å². The van der Waals surface area contributed by atoms with Crippen LogP contribution >= 0.6 is 0 Å².